The molecular weight excluding hydrogens is 420 g/mol. The number of ether oxygens (including phenoxy) is 1. The Morgan fingerprint density at radius 3 is 2.36 bits per heavy atom. The summed E-state index contributed by atoms with van der Waals surface area (Å²) in [6.45, 7) is 7.40. The van der Waals surface area contributed by atoms with Crippen molar-refractivity contribution in [2.45, 2.75) is 26.8 Å². The Kier molecular flexibility index (Phi) is 7.43. The van der Waals surface area contributed by atoms with Crippen LogP contribution in [0.4, 0.5) is 0 Å². The van der Waals surface area contributed by atoms with Crippen molar-refractivity contribution in [3.05, 3.63) is 64.7 Å². The quantitative estimate of drug-likeness (QED) is 0.360. The van der Waals surface area contributed by atoms with Gasteiger partial charge in [0.05, 0.1) is 18.2 Å². The molecule has 0 bridgehead atoms. The Hall–Kier alpha value is -3.32. The lowest BCUT2D eigenvalue weighted by atomic mass is 9.94. The number of nitrogens with zero attached hydrogens (tertiary/aromatic N) is 2. The molecule has 0 radical (unpaired) electrons. The molecule has 1 amide bonds. The molecule has 0 aliphatic carbocycles. The number of carbonyl (C=O) groups is 2. The van der Waals surface area contributed by atoms with Crippen LogP contribution in [0.2, 0.25) is 0 Å². The summed E-state index contributed by atoms with van der Waals surface area (Å²) < 4.78 is 5.76. The maximum atomic E-state index is 13.1. The van der Waals surface area contributed by atoms with Crippen molar-refractivity contribution in [2.75, 3.05) is 33.8 Å². The van der Waals surface area contributed by atoms with E-state index in [9.17, 15) is 19.8 Å². The fraction of sp³-hybridized carbons (Fsp3) is 0.385. The molecule has 0 saturated carbocycles. The van der Waals surface area contributed by atoms with Crippen LogP contribution in [0.5, 0.6) is 11.5 Å². The number of aryl methyl sites for hydroxylation is 1. The first-order valence-corrected chi connectivity index (χ1v) is 11.1. The van der Waals surface area contributed by atoms with Gasteiger partial charge in [0.15, 0.2) is 0 Å². The summed E-state index contributed by atoms with van der Waals surface area (Å²) in [6.07, 6.45) is 0. The van der Waals surface area contributed by atoms with Gasteiger partial charge in [0.1, 0.15) is 17.3 Å². The monoisotopic (exact) mass is 452 g/mol. The van der Waals surface area contributed by atoms with Crippen LogP contribution in [0.3, 0.4) is 0 Å². The van der Waals surface area contributed by atoms with Gasteiger partial charge >= 0.3 is 0 Å². The van der Waals surface area contributed by atoms with Crippen molar-refractivity contribution in [3.8, 4) is 11.5 Å². The van der Waals surface area contributed by atoms with E-state index in [2.05, 4.69) is 13.8 Å². The number of likely N-dealkylation sites (tertiary alicyclic amines) is 1. The summed E-state index contributed by atoms with van der Waals surface area (Å²) in [5, 5.41) is 21.0. The molecule has 176 valence electrons. The molecule has 2 aromatic carbocycles. The van der Waals surface area contributed by atoms with Gasteiger partial charge in [0.25, 0.3) is 11.7 Å². The number of carbonyl (C=O) groups excluding carboxylic acids is 2. The first kappa shape index (κ1) is 24.3. The first-order chi connectivity index (χ1) is 15.6. The van der Waals surface area contributed by atoms with Crippen LogP contribution in [-0.2, 0) is 9.59 Å². The molecule has 1 saturated heterocycles. The van der Waals surface area contributed by atoms with Crippen LogP contribution >= 0.6 is 0 Å². The van der Waals surface area contributed by atoms with Crippen molar-refractivity contribution < 1.29 is 24.5 Å². The van der Waals surface area contributed by atoms with E-state index in [-0.39, 0.29) is 17.1 Å². The topological polar surface area (TPSA) is 90.3 Å². The van der Waals surface area contributed by atoms with E-state index in [0.29, 0.717) is 42.5 Å². The van der Waals surface area contributed by atoms with E-state index in [1.807, 2.05) is 32.0 Å². The minimum Gasteiger partial charge on any atom is -0.508 e. The molecule has 1 heterocycles. The molecule has 0 spiro atoms. The van der Waals surface area contributed by atoms with Crippen LogP contribution < -0.4 is 4.74 Å². The number of amides is 1. The second-order valence-electron chi connectivity index (χ2n) is 9.07. The predicted octanol–water partition coefficient (Wildman–Crippen LogP) is 3.72. The molecule has 33 heavy (non-hydrogen) atoms. The smallest absolute Gasteiger partial charge is 0.295 e. The molecule has 0 aromatic heterocycles. The third-order valence-electron chi connectivity index (χ3n) is 5.57. The molecule has 1 unspecified atom stereocenters. The highest BCUT2D eigenvalue weighted by molar-refractivity contribution is 6.46. The van der Waals surface area contributed by atoms with Gasteiger partial charge in [-0.1, -0.05) is 26.0 Å². The Morgan fingerprint density at radius 2 is 1.79 bits per heavy atom. The van der Waals surface area contributed by atoms with E-state index in [1.165, 1.54) is 17.0 Å². The van der Waals surface area contributed by atoms with E-state index < -0.39 is 17.7 Å². The molecule has 1 aliphatic heterocycles. The molecule has 7 nitrogen and oxygen atoms in total. The van der Waals surface area contributed by atoms with Crippen LogP contribution in [0.1, 0.15) is 36.6 Å². The second-order valence-corrected chi connectivity index (χ2v) is 9.07. The Balaban J connectivity index is 2.07. The number of aromatic hydroxyl groups is 1. The van der Waals surface area contributed by atoms with Crippen LogP contribution in [0.15, 0.2) is 48.0 Å². The lowest BCUT2D eigenvalue weighted by Crippen LogP contribution is -2.35. The van der Waals surface area contributed by atoms with Gasteiger partial charge in [-0.2, -0.15) is 0 Å². The van der Waals surface area contributed by atoms with E-state index in [4.69, 9.17) is 4.74 Å². The van der Waals surface area contributed by atoms with E-state index in [0.717, 1.165) is 5.56 Å². The molecule has 2 aromatic rings. The summed E-state index contributed by atoms with van der Waals surface area (Å²) in [6, 6.07) is 10.9. The van der Waals surface area contributed by atoms with Gasteiger partial charge in [-0.3, -0.25) is 9.59 Å². The number of aliphatic hydroxyl groups excluding tert-OH is 1. The van der Waals surface area contributed by atoms with Gasteiger partial charge in [0.2, 0.25) is 0 Å². The number of phenols is 1. The largest absolute Gasteiger partial charge is 0.508 e. The minimum absolute atomic E-state index is 0.0448. The number of hydrogen-bond donors (Lipinski definition) is 2. The average Bonchev–Trinajstić information content (AvgIpc) is 3.01. The molecule has 1 aliphatic rings. The first-order valence-electron chi connectivity index (χ1n) is 11.1. The number of rotatable bonds is 8. The van der Waals surface area contributed by atoms with Crippen molar-refractivity contribution in [2.24, 2.45) is 5.92 Å². The van der Waals surface area contributed by atoms with Gasteiger partial charge in [-0.25, -0.2) is 0 Å². The van der Waals surface area contributed by atoms with Crippen molar-refractivity contribution in [1.29, 1.82) is 0 Å². The summed E-state index contributed by atoms with van der Waals surface area (Å²) in [5.74, 6) is -0.445. The SMILES string of the molecule is Cc1cc(OCC(C)C)ccc1C(O)=C1C(=O)C(=O)N(CCN(C)C)C1c1ccc(O)cc1. The fourth-order valence-corrected chi connectivity index (χ4v) is 3.82. The third-order valence-corrected chi connectivity index (χ3v) is 5.57. The molecule has 1 fully saturated rings. The number of hydrogen-bond acceptors (Lipinski definition) is 6. The number of likely N-dealkylation sites (N-methyl/N-ethyl adjacent to an activating group) is 1. The Bertz CT molecular complexity index is 1060. The molecule has 3 rings (SSSR count). The van der Waals surface area contributed by atoms with Gasteiger partial charge in [-0.05, 0) is 68.4 Å². The lowest BCUT2D eigenvalue weighted by Gasteiger charge is -2.26. The predicted molar refractivity (Wildman–Crippen MR) is 127 cm³/mol. The highest BCUT2D eigenvalue weighted by atomic mass is 16.5. The standard InChI is InChI=1S/C26H32N2O5/c1-16(2)15-33-20-10-11-21(17(3)14-20)24(30)22-23(18-6-8-19(29)9-7-18)28(13-12-27(4)5)26(32)25(22)31/h6-11,14,16,23,29-30H,12-13,15H2,1-5H3. The van der Waals surface area contributed by atoms with Crippen LogP contribution in [0.25, 0.3) is 5.76 Å². The van der Waals surface area contributed by atoms with Crippen LogP contribution in [0, 0.1) is 12.8 Å². The van der Waals surface area contributed by atoms with Crippen LogP contribution in [-0.4, -0.2) is 65.5 Å². The van der Waals surface area contributed by atoms with Gasteiger partial charge < -0.3 is 24.7 Å². The molecular formula is C26H32N2O5. The highest BCUT2D eigenvalue weighted by Crippen LogP contribution is 2.40. The van der Waals surface area contributed by atoms with E-state index in [1.54, 1.807) is 24.3 Å². The number of Topliss-reactive ketones (excluding diaryl/α,β-unsaturated/α-hetero) is 1. The maximum absolute atomic E-state index is 13.1. The number of ketones is 1. The fourth-order valence-electron chi connectivity index (χ4n) is 3.82. The zero-order chi connectivity index (χ0) is 24.3. The number of benzene rings is 2. The van der Waals surface area contributed by atoms with Gasteiger partial charge in [-0.15, -0.1) is 0 Å². The second kappa shape index (κ2) is 10.1. The summed E-state index contributed by atoms with van der Waals surface area (Å²) in [5.41, 5.74) is 1.89. The zero-order valence-corrected chi connectivity index (χ0v) is 19.8. The van der Waals surface area contributed by atoms with Crippen molar-refractivity contribution in [3.63, 3.8) is 0 Å². The molecule has 1 atom stereocenters. The molecule has 7 heteroatoms. The summed E-state index contributed by atoms with van der Waals surface area (Å²) in [4.78, 5) is 29.4. The average molecular weight is 453 g/mol. The van der Waals surface area contributed by atoms with Gasteiger partial charge in [0, 0.05) is 18.7 Å². The Labute approximate surface area is 194 Å². The minimum atomic E-state index is -0.748. The third kappa shape index (κ3) is 5.37. The highest BCUT2D eigenvalue weighted by Gasteiger charge is 2.46. The summed E-state index contributed by atoms with van der Waals surface area (Å²) in [7, 11) is 3.77. The van der Waals surface area contributed by atoms with Crippen molar-refractivity contribution >= 4 is 17.4 Å². The normalized spacial score (nSPS) is 17.9. The van der Waals surface area contributed by atoms with Crippen molar-refractivity contribution in [1.82, 2.24) is 9.80 Å². The number of phenolic OH excluding ortho intramolecular Hbond substituents is 1. The summed E-state index contributed by atoms with van der Waals surface area (Å²) >= 11 is 0. The zero-order valence-electron chi connectivity index (χ0n) is 19.8. The molecule has 2 N–H and O–H groups in total. The lowest BCUT2D eigenvalue weighted by molar-refractivity contribution is -0.140. The maximum Gasteiger partial charge on any atom is 0.295 e. The Morgan fingerprint density at radius 1 is 1.12 bits per heavy atom. The van der Waals surface area contributed by atoms with E-state index >= 15 is 0 Å². The number of aliphatic hydroxyl groups is 1.